The largest absolute Gasteiger partial charge is 0.313 e. The predicted octanol–water partition coefficient (Wildman–Crippen LogP) is 2.49. The van der Waals surface area contributed by atoms with Crippen LogP contribution in [0.3, 0.4) is 0 Å². The summed E-state index contributed by atoms with van der Waals surface area (Å²) in [6, 6.07) is 7.27. The molecule has 1 aliphatic rings. The summed E-state index contributed by atoms with van der Waals surface area (Å²) in [5.41, 5.74) is 4.32. The molecule has 0 aromatic heterocycles. The van der Waals surface area contributed by atoms with Crippen molar-refractivity contribution in [3.05, 3.63) is 34.9 Å². The molecule has 1 heterocycles. The molecule has 1 unspecified atom stereocenters. The lowest BCUT2D eigenvalue weighted by Crippen LogP contribution is -2.35. The second-order valence-corrected chi connectivity index (χ2v) is 5.36. The second kappa shape index (κ2) is 5.65. The van der Waals surface area contributed by atoms with Crippen molar-refractivity contribution in [1.29, 1.82) is 0 Å². The van der Waals surface area contributed by atoms with Gasteiger partial charge in [0.1, 0.15) is 0 Å². The van der Waals surface area contributed by atoms with Crippen LogP contribution in [0.4, 0.5) is 0 Å². The lowest BCUT2D eigenvalue weighted by molar-refractivity contribution is 0.292. The zero-order valence-electron chi connectivity index (χ0n) is 11.3. The van der Waals surface area contributed by atoms with Gasteiger partial charge in [0, 0.05) is 19.1 Å². The van der Waals surface area contributed by atoms with E-state index in [2.05, 4.69) is 49.3 Å². The molecule has 2 heteroatoms. The van der Waals surface area contributed by atoms with Crippen LogP contribution in [0.15, 0.2) is 18.2 Å². The van der Waals surface area contributed by atoms with Crippen LogP contribution < -0.4 is 5.32 Å². The van der Waals surface area contributed by atoms with Gasteiger partial charge >= 0.3 is 0 Å². The van der Waals surface area contributed by atoms with E-state index >= 15 is 0 Å². The molecule has 0 saturated carbocycles. The monoisotopic (exact) mass is 232 g/mol. The molecule has 2 nitrogen and oxygen atoms in total. The molecule has 1 aromatic carbocycles. The average molecular weight is 232 g/mol. The highest BCUT2D eigenvalue weighted by Crippen LogP contribution is 2.16. The van der Waals surface area contributed by atoms with Crippen molar-refractivity contribution in [3.63, 3.8) is 0 Å². The molecule has 0 bridgehead atoms. The third-order valence-electron chi connectivity index (χ3n) is 3.77. The fraction of sp³-hybridized carbons (Fsp3) is 0.600. The van der Waals surface area contributed by atoms with Gasteiger partial charge in [-0.2, -0.15) is 0 Å². The minimum Gasteiger partial charge on any atom is -0.313 e. The summed E-state index contributed by atoms with van der Waals surface area (Å²) in [7, 11) is 2.23. The molecule has 0 amide bonds. The van der Waals surface area contributed by atoms with Crippen LogP contribution in [-0.4, -0.2) is 31.1 Å². The molecule has 0 spiro atoms. The predicted molar refractivity (Wildman–Crippen MR) is 73.3 cm³/mol. The maximum absolute atomic E-state index is 3.56. The van der Waals surface area contributed by atoms with Crippen LogP contribution in [-0.2, 0) is 6.54 Å². The average Bonchev–Trinajstić information content (AvgIpc) is 2.76. The van der Waals surface area contributed by atoms with Crippen LogP contribution in [0.1, 0.15) is 29.5 Å². The lowest BCUT2D eigenvalue weighted by Gasteiger charge is -2.23. The van der Waals surface area contributed by atoms with E-state index in [1.807, 2.05) is 0 Å². The highest BCUT2D eigenvalue weighted by atomic mass is 15.1. The van der Waals surface area contributed by atoms with Gasteiger partial charge in [-0.05, 0) is 57.0 Å². The number of rotatable bonds is 4. The Morgan fingerprint density at radius 1 is 1.29 bits per heavy atom. The number of hydrogen-bond donors (Lipinski definition) is 1. The van der Waals surface area contributed by atoms with E-state index in [9.17, 15) is 0 Å². The Labute approximate surface area is 105 Å². The van der Waals surface area contributed by atoms with Crippen LogP contribution in [0, 0.1) is 13.8 Å². The second-order valence-electron chi connectivity index (χ2n) is 5.36. The smallest absolute Gasteiger partial charge is 0.0236 e. The third kappa shape index (κ3) is 3.30. The fourth-order valence-corrected chi connectivity index (χ4v) is 2.72. The molecule has 0 aliphatic carbocycles. The molecule has 1 aromatic rings. The maximum Gasteiger partial charge on any atom is 0.0236 e. The SMILES string of the molecule is Cc1cccc(C)c1CN(C)CC1CCCN1. The number of nitrogens with zero attached hydrogens (tertiary/aromatic N) is 1. The minimum atomic E-state index is 0.698. The van der Waals surface area contributed by atoms with Gasteiger partial charge < -0.3 is 10.2 Å². The van der Waals surface area contributed by atoms with Gasteiger partial charge in [-0.25, -0.2) is 0 Å². The normalized spacial score (nSPS) is 20.1. The van der Waals surface area contributed by atoms with Crippen molar-refractivity contribution < 1.29 is 0 Å². The molecule has 1 fully saturated rings. The number of nitrogens with one attached hydrogen (secondary N) is 1. The quantitative estimate of drug-likeness (QED) is 0.858. The first kappa shape index (κ1) is 12.6. The van der Waals surface area contributed by atoms with E-state index in [0.29, 0.717) is 6.04 Å². The fourth-order valence-electron chi connectivity index (χ4n) is 2.72. The van der Waals surface area contributed by atoms with Crippen molar-refractivity contribution in [2.45, 2.75) is 39.3 Å². The topological polar surface area (TPSA) is 15.3 Å². The Kier molecular flexibility index (Phi) is 4.19. The molecule has 1 saturated heterocycles. The Balaban J connectivity index is 1.95. The number of benzene rings is 1. The van der Waals surface area contributed by atoms with Crippen LogP contribution in [0.5, 0.6) is 0 Å². The molecule has 94 valence electrons. The first-order chi connectivity index (χ1) is 8.16. The van der Waals surface area contributed by atoms with Gasteiger partial charge in [-0.3, -0.25) is 0 Å². The van der Waals surface area contributed by atoms with Gasteiger partial charge in [0.05, 0.1) is 0 Å². The van der Waals surface area contributed by atoms with E-state index in [-0.39, 0.29) is 0 Å². The highest BCUT2D eigenvalue weighted by molar-refractivity contribution is 5.33. The van der Waals surface area contributed by atoms with Gasteiger partial charge in [0.15, 0.2) is 0 Å². The van der Waals surface area contributed by atoms with Crippen molar-refractivity contribution in [1.82, 2.24) is 10.2 Å². The summed E-state index contributed by atoms with van der Waals surface area (Å²) < 4.78 is 0. The Morgan fingerprint density at radius 2 is 2.00 bits per heavy atom. The molecule has 0 radical (unpaired) electrons. The van der Waals surface area contributed by atoms with Crippen LogP contribution >= 0.6 is 0 Å². The van der Waals surface area contributed by atoms with Crippen molar-refractivity contribution >= 4 is 0 Å². The van der Waals surface area contributed by atoms with Crippen LogP contribution in [0.25, 0.3) is 0 Å². The van der Waals surface area contributed by atoms with E-state index in [0.717, 1.165) is 13.1 Å². The Morgan fingerprint density at radius 3 is 2.59 bits per heavy atom. The van der Waals surface area contributed by atoms with Gasteiger partial charge in [0.25, 0.3) is 0 Å². The van der Waals surface area contributed by atoms with Crippen molar-refractivity contribution in [2.24, 2.45) is 0 Å². The zero-order valence-corrected chi connectivity index (χ0v) is 11.3. The lowest BCUT2D eigenvalue weighted by atomic mass is 10.0. The van der Waals surface area contributed by atoms with Gasteiger partial charge in [-0.1, -0.05) is 18.2 Å². The molecule has 1 aliphatic heterocycles. The summed E-state index contributed by atoms with van der Waals surface area (Å²) in [6.45, 7) is 7.85. The third-order valence-corrected chi connectivity index (χ3v) is 3.77. The standard InChI is InChI=1S/C15H24N2/c1-12-6-4-7-13(2)15(12)11-17(3)10-14-8-5-9-16-14/h4,6-7,14,16H,5,8-11H2,1-3H3. The molecular formula is C15H24N2. The number of aryl methyl sites for hydroxylation is 2. The van der Waals surface area contributed by atoms with Gasteiger partial charge in [-0.15, -0.1) is 0 Å². The minimum absolute atomic E-state index is 0.698. The van der Waals surface area contributed by atoms with E-state index < -0.39 is 0 Å². The zero-order chi connectivity index (χ0) is 12.3. The molecule has 17 heavy (non-hydrogen) atoms. The van der Waals surface area contributed by atoms with Crippen LogP contribution in [0.2, 0.25) is 0 Å². The summed E-state index contributed by atoms with van der Waals surface area (Å²) >= 11 is 0. The van der Waals surface area contributed by atoms with E-state index in [4.69, 9.17) is 0 Å². The Hall–Kier alpha value is -0.860. The first-order valence-electron chi connectivity index (χ1n) is 6.64. The summed E-state index contributed by atoms with van der Waals surface area (Å²) in [4.78, 5) is 2.44. The molecular weight excluding hydrogens is 208 g/mol. The summed E-state index contributed by atoms with van der Waals surface area (Å²) in [5.74, 6) is 0. The van der Waals surface area contributed by atoms with E-state index in [1.165, 1.54) is 36.1 Å². The first-order valence-corrected chi connectivity index (χ1v) is 6.64. The Bertz CT molecular complexity index is 347. The number of likely N-dealkylation sites (N-methyl/N-ethyl adjacent to an activating group) is 1. The van der Waals surface area contributed by atoms with E-state index in [1.54, 1.807) is 0 Å². The molecule has 1 atom stereocenters. The molecule has 2 rings (SSSR count). The highest BCUT2D eigenvalue weighted by Gasteiger charge is 2.16. The number of hydrogen-bond acceptors (Lipinski definition) is 2. The van der Waals surface area contributed by atoms with Crippen molar-refractivity contribution in [3.8, 4) is 0 Å². The van der Waals surface area contributed by atoms with Gasteiger partial charge in [0.2, 0.25) is 0 Å². The molecule has 1 N–H and O–H groups in total. The summed E-state index contributed by atoms with van der Waals surface area (Å²) in [5, 5.41) is 3.56. The maximum atomic E-state index is 3.56. The van der Waals surface area contributed by atoms with Crippen molar-refractivity contribution in [2.75, 3.05) is 20.1 Å². The summed E-state index contributed by atoms with van der Waals surface area (Å²) in [6.07, 6.45) is 2.67.